The Bertz CT molecular complexity index is 314. The summed E-state index contributed by atoms with van der Waals surface area (Å²) >= 11 is 0. The minimum atomic E-state index is -1.17. The molecule has 0 aromatic heterocycles. The summed E-state index contributed by atoms with van der Waals surface area (Å²) < 4.78 is 8.51. The molecule has 0 aliphatic heterocycles. The number of carbonyl (C=O) groups excluding carboxylic acids is 2. The van der Waals surface area contributed by atoms with E-state index in [1.165, 1.54) is 5.56 Å². The zero-order valence-corrected chi connectivity index (χ0v) is 12.2. The Morgan fingerprint density at radius 3 is 2.00 bits per heavy atom. The molecular weight excluding hydrogens is 263 g/mol. The van der Waals surface area contributed by atoms with Gasteiger partial charge < -0.3 is 9.59 Å². The van der Waals surface area contributed by atoms with E-state index in [-0.39, 0.29) is 0 Å². The van der Waals surface area contributed by atoms with Gasteiger partial charge in [-0.1, -0.05) is 37.3 Å². The minimum Gasteiger partial charge on any atom is -0.303 e. The summed E-state index contributed by atoms with van der Waals surface area (Å²) in [6, 6.07) is 10.2. The first kappa shape index (κ1) is 19.9. The van der Waals surface area contributed by atoms with Crippen molar-refractivity contribution in [3.63, 3.8) is 0 Å². The van der Waals surface area contributed by atoms with Crippen molar-refractivity contribution in [2.24, 2.45) is 0 Å². The lowest BCUT2D eigenvalue weighted by atomic mass is 10.1. The molecule has 1 rings (SSSR count). The Kier molecular flexibility index (Phi) is 19.9. The molecule has 0 saturated carbocycles. The Morgan fingerprint density at radius 2 is 1.63 bits per heavy atom. The molecule has 1 unspecified atom stereocenters. The third-order valence-corrected chi connectivity index (χ3v) is 2.04. The molecule has 1 aromatic rings. The number of aldehydes is 2. The van der Waals surface area contributed by atoms with Crippen LogP contribution in [-0.4, -0.2) is 17.5 Å². The van der Waals surface area contributed by atoms with Crippen LogP contribution in [0.4, 0.5) is 0 Å². The lowest BCUT2D eigenvalue weighted by molar-refractivity contribution is -0.108. The third-order valence-electron chi connectivity index (χ3n) is 2.04. The lowest BCUT2D eigenvalue weighted by Gasteiger charge is -1.96. The molecule has 19 heavy (non-hydrogen) atoms. The van der Waals surface area contributed by atoms with Gasteiger partial charge in [-0.05, 0) is 29.4 Å². The molecule has 0 radical (unpaired) electrons. The van der Waals surface area contributed by atoms with E-state index in [9.17, 15) is 9.59 Å². The maximum Gasteiger partial charge on any atom is 0.491 e. The summed E-state index contributed by atoms with van der Waals surface area (Å²) in [4.78, 5) is 26.4. The summed E-state index contributed by atoms with van der Waals surface area (Å²) in [7, 11) is -1.17. The number of rotatable bonds is 6. The summed E-state index contributed by atoms with van der Waals surface area (Å²) in [6.07, 6.45) is 6.24. The fourth-order valence-corrected chi connectivity index (χ4v) is 1.15. The molecule has 1 N–H and O–H groups in total. The zero-order chi connectivity index (χ0) is 14.8. The highest BCUT2D eigenvalue weighted by Gasteiger charge is 1.89. The molecule has 5 heteroatoms. The van der Waals surface area contributed by atoms with Crippen LogP contribution in [0.1, 0.15) is 38.2 Å². The lowest BCUT2D eigenvalue weighted by Crippen LogP contribution is -1.84. The maximum absolute atomic E-state index is 10.00. The highest BCUT2D eigenvalue weighted by molar-refractivity contribution is 7.16. The summed E-state index contributed by atoms with van der Waals surface area (Å²) in [6.45, 7) is 1.98. The molecule has 0 bridgehead atoms. The van der Waals surface area contributed by atoms with Crippen LogP contribution in [0.5, 0.6) is 0 Å². The van der Waals surface area contributed by atoms with Gasteiger partial charge in [-0.25, -0.2) is 0 Å². The molecule has 0 aliphatic rings. The van der Waals surface area contributed by atoms with E-state index in [1.807, 2.05) is 25.1 Å². The number of benzene rings is 1. The Hall–Kier alpha value is -1.38. The topological polar surface area (TPSA) is 71.4 Å². The quantitative estimate of drug-likeness (QED) is 0.495. The van der Waals surface area contributed by atoms with Gasteiger partial charge in [0.25, 0.3) is 0 Å². The van der Waals surface area contributed by atoms with Crippen LogP contribution in [0.15, 0.2) is 30.3 Å². The maximum atomic E-state index is 10.00. The van der Waals surface area contributed by atoms with Gasteiger partial charge in [0.2, 0.25) is 0 Å². The highest BCUT2D eigenvalue weighted by atomic mass is 31.1. The van der Waals surface area contributed by atoms with Crippen LogP contribution in [0, 0.1) is 0 Å². The molecule has 106 valence electrons. The van der Waals surface area contributed by atoms with Crippen molar-refractivity contribution >= 4 is 21.3 Å². The molecule has 1 atom stereocenters. The SMILES string of the molecule is CCCC=O.O=CCCCc1ccccc1.O=[PH+]O. The number of carbonyl (C=O) groups is 2. The van der Waals surface area contributed by atoms with Crippen LogP contribution in [0.2, 0.25) is 0 Å². The second-order valence-corrected chi connectivity index (χ2v) is 3.77. The van der Waals surface area contributed by atoms with E-state index in [1.54, 1.807) is 0 Å². The Balaban J connectivity index is 0. The van der Waals surface area contributed by atoms with Gasteiger partial charge in [-0.2, -0.15) is 4.89 Å². The van der Waals surface area contributed by atoms with Crippen LogP contribution in [0.25, 0.3) is 0 Å². The second kappa shape index (κ2) is 19.0. The number of hydrogen-bond donors (Lipinski definition) is 1. The molecule has 1 aromatic carbocycles. The fraction of sp³-hybridized carbons (Fsp3) is 0.429. The summed E-state index contributed by atoms with van der Waals surface area (Å²) in [5, 5.41) is 0. The standard InChI is InChI=1S/C10H12O.C4H8O.HO2P/c11-9-5-4-8-10-6-2-1-3-7-10;1-2-3-4-5;1-3-2/h1-3,6-7,9H,4-5,8H2;4H,2-3H2,1H3;3H/p+1. The van der Waals surface area contributed by atoms with E-state index < -0.39 is 8.69 Å². The van der Waals surface area contributed by atoms with Crippen molar-refractivity contribution in [1.29, 1.82) is 0 Å². The van der Waals surface area contributed by atoms with Crippen molar-refractivity contribution in [3.05, 3.63) is 35.9 Å². The van der Waals surface area contributed by atoms with Crippen LogP contribution in [0.3, 0.4) is 0 Å². The number of unbranched alkanes of at least 4 members (excludes halogenated alkanes) is 2. The molecule has 0 aliphatic carbocycles. The Morgan fingerprint density at radius 1 is 1.11 bits per heavy atom. The summed E-state index contributed by atoms with van der Waals surface area (Å²) in [5.74, 6) is 0. The predicted molar refractivity (Wildman–Crippen MR) is 77.6 cm³/mol. The highest BCUT2D eigenvalue weighted by Crippen LogP contribution is 2.02. The fourth-order valence-electron chi connectivity index (χ4n) is 1.15. The molecule has 0 fully saturated rings. The van der Waals surface area contributed by atoms with Crippen molar-refractivity contribution < 1.29 is 19.0 Å². The first-order valence-corrected chi connectivity index (χ1v) is 7.04. The van der Waals surface area contributed by atoms with Crippen molar-refractivity contribution in [1.82, 2.24) is 0 Å². The normalized spacial score (nSPS) is 8.53. The Labute approximate surface area is 116 Å². The van der Waals surface area contributed by atoms with E-state index in [2.05, 4.69) is 12.1 Å². The molecule has 4 nitrogen and oxygen atoms in total. The van der Waals surface area contributed by atoms with Crippen LogP contribution in [-0.2, 0) is 20.6 Å². The van der Waals surface area contributed by atoms with E-state index in [4.69, 9.17) is 9.46 Å². The first-order valence-electron chi connectivity index (χ1n) is 6.19. The average molecular weight is 285 g/mol. The monoisotopic (exact) mass is 285 g/mol. The van der Waals surface area contributed by atoms with Crippen molar-refractivity contribution in [2.75, 3.05) is 0 Å². The molecular formula is C14H22O4P+. The smallest absolute Gasteiger partial charge is 0.303 e. The zero-order valence-electron chi connectivity index (χ0n) is 11.2. The molecule has 0 spiro atoms. The van der Waals surface area contributed by atoms with E-state index >= 15 is 0 Å². The van der Waals surface area contributed by atoms with Gasteiger partial charge >= 0.3 is 8.69 Å². The van der Waals surface area contributed by atoms with Crippen molar-refractivity contribution in [3.8, 4) is 0 Å². The minimum absolute atomic E-state index is 0.675. The third kappa shape index (κ3) is 19.2. The predicted octanol–water partition coefficient (Wildman–Crippen LogP) is 3.11. The molecule has 0 saturated heterocycles. The van der Waals surface area contributed by atoms with Gasteiger partial charge in [0, 0.05) is 12.8 Å². The van der Waals surface area contributed by atoms with Gasteiger partial charge in [-0.15, -0.1) is 0 Å². The van der Waals surface area contributed by atoms with Gasteiger partial charge in [-0.3, -0.25) is 0 Å². The van der Waals surface area contributed by atoms with Gasteiger partial charge in [0.1, 0.15) is 12.6 Å². The largest absolute Gasteiger partial charge is 0.491 e. The van der Waals surface area contributed by atoms with E-state index in [0.29, 0.717) is 12.8 Å². The average Bonchev–Trinajstić information content (AvgIpc) is 2.43. The van der Waals surface area contributed by atoms with Gasteiger partial charge in [0.05, 0.1) is 0 Å². The summed E-state index contributed by atoms with van der Waals surface area (Å²) in [5.41, 5.74) is 1.31. The van der Waals surface area contributed by atoms with Crippen molar-refractivity contribution in [2.45, 2.75) is 39.0 Å². The number of aryl methyl sites for hydroxylation is 1. The van der Waals surface area contributed by atoms with Crippen LogP contribution >= 0.6 is 8.69 Å². The second-order valence-electron chi connectivity index (χ2n) is 3.59. The first-order chi connectivity index (χ1) is 9.26. The molecule has 0 amide bonds. The molecule has 0 heterocycles. The van der Waals surface area contributed by atoms with Gasteiger partial charge in [0.15, 0.2) is 0 Å². The van der Waals surface area contributed by atoms with E-state index in [0.717, 1.165) is 31.8 Å². The van der Waals surface area contributed by atoms with Crippen LogP contribution < -0.4 is 0 Å². The number of hydrogen-bond acceptors (Lipinski definition) is 3.